The van der Waals surface area contributed by atoms with Crippen LogP contribution in [0.5, 0.6) is 11.8 Å². The molecule has 4 aromatic rings. The molecule has 0 spiro atoms. The zero-order valence-corrected chi connectivity index (χ0v) is 21.8. The molecule has 1 atom stereocenters. The Labute approximate surface area is 215 Å². The molecule has 0 fully saturated rings. The smallest absolute Gasteiger partial charge is 0.240 e. The molecule has 194 valence electrons. The molecule has 11 heteroatoms. The second-order valence-corrected chi connectivity index (χ2v) is 9.27. The van der Waals surface area contributed by atoms with Crippen LogP contribution in [0, 0.1) is 6.92 Å². The summed E-state index contributed by atoms with van der Waals surface area (Å²) in [4.78, 5) is 11.5. The molecule has 5 rings (SSSR count). The van der Waals surface area contributed by atoms with Gasteiger partial charge >= 0.3 is 0 Å². The SMILES string of the molecule is C=C(CO)n1nc(OCC)c2c1CN(C)C[C@H](C)Oc1c(c(C)nn1C)-c1cn3c(ncc3cn1)/C=C/2. The maximum Gasteiger partial charge on any atom is 0.240 e. The number of fused-ring (bicyclic) bond motifs is 4. The molecule has 0 amide bonds. The summed E-state index contributed by atoms with van der Waals surface area (Å²) in [6.45, 7) is 11.3. The first kappa shape index (κ1) is 24.7. The molecule has 0 radical (unpaired) electrons. The Morgan fingerprint density at radius 3 is 2.76 bits per heavy atom. The molecule has 4 aromatic heterocycles. The Morgan fingerprint density at radius 1 is 1.22 bits per heavy atom. The highest BCUT2D eigenvalue weighted by Crippen LogP contribution is 2.33. The summed E-state index contributed by atoms with van der Waals surface area (Å²) in [5.74, 6) is 1.86. The van der Waals surface area contributed by atoms with Crippen molar-refractivity contribution in [1.29, 1.82) is 0 Å². The van der Waals surface area contributed by atoms with Crippen LogP contribution >= 0.6 is 0 Å². The Balaban J connectivity index is 1.72. The van der Waals surface area contributed by atoms with E-state index in [2.05, 4.69) is 26.7 Å². The van der Waals surface area contributed by atoms with Crippen LogP contribution in [0.25, 0.3) is 34.6 Å². The molecule has 5 heterocycles. The van der Waals surface area contributed by atoms with Crippen LogP contribution in [0.3, 0.4) is 0 Å². The minimum absolute atomic E-state index is 0.154. The highest BCUT2D eigenvalue weighted by atomic mass is 16.5. The van der Waals surface area contributed by atoms with Crippen LogP contribution in [-0.4, -0.2) is 76.8 Å². The molecule has 0 unspecified atom stereocenters. The van der Waals surface area contributed by atoms with E-state index in [-0.39, 0.29) is 12.7 Å². The number of nitrogens with zero attached hydrogens (tertiary/aromatic N) is 8. The third kappa shape index (κ3) is 4.51. The number of aryl methyl sites for hydroxylation is 2. The van der Waals surface area contributed by atoms with Crippen molar-refractivity contribution in [3.05, 3.63) is 47.9 Å². The summed E-state index contributed by atoms with van der Waals surface area (Å²) in [5, 5.41) is 19.1. The van der Waals surface area contributed by atoms with Gasteiger partial charge in [0.25, 0.3) is 0 Å². The number of ether oxygens (including phenoxy) is 2. The summed E-state index contributed by atoms with van der Waals surface area (Å²) >= 11 is 0. The summed E-state index contributed by atoms with van der Waals surface area (Å²) in [6, 6.07) is 0. The highest BCUT2D eigenvalue weighted by molar-refractivity contribution is 5.74. The standard InChI is InChI=1S/C26H32N8O3/c1-7-36-25-20-8-9-23-28-11-19-10-27-21(13-33(19)23)24-18(4)29-32(6)26(24)37-17(3)12-31(5)14-22(20)34(30-25)16(2)15-35/h8-11,13,17,35H,2,7,12,14-15H2,1,3-6H3/b9-8+/t17-/m0/s1. The van der Waals surface area contributed by atoms with Crippen molar-refractivity contribution in [2.24, 2.45) is 7.05 Å². The van der Waals surface area contributed by atoms with Gasteiger partial charge in [-0.15, -0.1) is 5.10 Å². The lowest BCUT2D eigenvalue weighted by Crippen LogP contribution is -2.32. The van der Waals surface area contributed by atoms with Crippen LogP contribution in [0.1, 0.15) is 36.6 Å². The molecular formula is C26H32N8O3. The largest absolute Gasteiger partial charge is 0.476 e. The van der Waals surface area contributed by atoms with Crippen LogP contribution in [0.4, 0.5) is 0 Å². The van der Waals surface area contributed by atoms with E-state index in [0.717, 1.165) is 39.5 Å². The van der Waals surface area contributed by atoms with Crippen LogP contribution in [0.2, 0.25) is 0 Å². The molecule has 0 aliphatic carbocycles. The first-order valence-corrected chi connectivity index (χ1v) is 12.2. The molecule has 0 saturated heterocycles. The van der Waals surface area contributed by atoms with Crippen molar-refractivity contribution in [1.82, 2.24) is 38.8 Å². The third-order valence-corrected chi connectivity index (χ3v) is 6.32. The van der Waals surface area contributed by atoms with Gasteiger partial charge in [0.2, 0.25) is 11.8 Å². The quantitative estimate of drug-likeness (QED) is 0.452. The molecule has 11 nitrogen and oxygen atoms in total. The number of aromatic nitrogens is 7. The van der Waals surface area contributed by atoms with E-state index in [4.69, 9.17) is 14.5 Å². The zero-order chi connectivity index (χ0) is 26.3. The minimum Gasteiger partial charge on any atom is -0.476 e. The molecular weight excluding hydrogens is 472 g/mol. The molecule has 1 aliphatic rings. The molecule has 1 aliphatic heterocycles. The van der Waals surface area contributed by atoms with Crippen molar-refractivity contribution in [3.8, 4) is 23.0 Å². The van der Waals surface area contributed by atoms with Crippen molar-refractivity contribution in [3.63, 3.8) is 0 Å². The monoisotopic (exact) mass is 504 g/mol. The van der Waals surface area contributed by atoms with Gasteiger partial charge in [0.05, 0.1) is 65.0 Å². The number of hydrogen-bond donors (Lipinski definition) is 1. The number of aliphatic hydroxyl groups excluding tert-OH is 1. The highest BCUT2D eigenvalue weighted by Gasteiger charge is 2.24. The second-order valence-electron chi connectivity index (χ2n) is 9.27. The van der Waals surface area contributed by atoms with Gasteiger partial charge in [-0.2, -0.15) is 5.10 Å². The fourth-order valence-corrected chi connectivity index (χ4v) is 4.71. The van der Waals surface area contributed by atoms with E-state index in [0.29, 0.717) is 37.2 Å². The van der Waals surface area contributed by atoms with Gasteiger partial charge in [0, 0.05) is 26.3 Å². The first-order chi connectivity index (χ1) is 17.8. The Bertz CT molecular complexity index is 1500. The molecule has 0 saturated carbocycles. The summed E-state index contributed by atoms with van der Waals surface area (Å²) < 4.78 is 17.7. The Hall–Kier alpha value is -3.96. The van der Waals surface area contributed by atoms with Gasteiger partial charge in [-0.05, 0) is 40.0 Å². The van der Waals surface area contributed by atoms with Crippen molar-refractivity contribution in [2.45, 2.75) is 33.4 Å². The number of rotatable bonds is 4. The molecule has 0 aromatic carbocycles. The predicted octanol–water partition coefficient (Wildman–Crippen LogP) is 2.88. The normalized spacial score (nSPS) is 17.1. The lowest BCUT2D eigenvalue weighted by Gasteiger charge is -2.23. The fraction of sp³-hybridized carbons (Fsp3) is 0.385. The summed E-state index contributed by atoms with van der Waals surface area (Å²) in [6.07, 6.45) is 9.27. The minimum atomic E-state index is -0.226. The third-order valence-electron chi connectivity index (χ3n) is 6.32. The van der Waals surface area contributed by atoms with Crippen molar-refractivity contribution < 1.29 is 14.6 Å². The van der Waals surface area contributed by atoms with Gasteiger partial charge in [0.15, 0.2) is 0 Å². The van der Waals surface area contributed by atoms with Gasteiger partial charge in [-0.3, -0.25) is 14.3 Å². The van der Waals surface area contributed by atoms with Crippen LogP contribution in [0.15, 0.2) is 25.2 Å². The number of aliphatic hydroxyl groups is 1. The van der Waals surface area contributed by atoms with E-state index in [9.17, 15) is 5.11 Å². The maximum atomic E-state index is 9.84. The van der Waals surface area contributed by atoms with E-state index >= 15 is 0 Å². The van der Waals surface area contributed by atoms with Crippen molar-refractivity contribution >= 4 is 23.4 Å². The van der Waals surface area contributed by atoms with Crippen LogP contribution in [-0.2, 0) is 13.6 Å². The van der Waals surface area contributed by atoms with Gasteiger partial charge in [0.1, 0.15) is 11.9 Å². The van der Waals surface area contributed by atoms with Crippen LogP contribution < -0.4 is 9.47 Å². The second kappa shape index (κ2) is 9.83. The molecule has 1 N–H and O–H groups in total. The van der Waals surface area contributed by atoms with Gasteiger partial charge in [-0.25, -0.2) is 14.3 Å². The molecule has 37 heavy (non-hydrogen) atoms. The first-order valence-electron chi connectivity index (χ1n) is 12.2. The van der Waals surface area contributed by atoms with Crippen molar-refractivity contribution in [2.75, 3.05) is 26.8 Å². The molecule has 2 bridgehead atoms. The summed E-state index contributed by atoms with van der Waals surface area (Å²) in [7, 11) is 3.89. The van der Waals surface area contributed by atoms with Gasteiger partial charge < -0.3 is 14.6 Å². The number of likely N-dealkylation sites (N-methyl/N-ethyl adjacent to an activating group) is 1. The lowest BCUT2D eigenvalue weighted by atomic mass is 10.2. The van der Waals surface area contributed by atoms with E-state index in [1.807, 2.05) is 57.6 Å². The number of imidazole rings is 1. The Kier molecular flexibility index (Phi) is 6.57. The average molecular weight is 505 g/mol. The zero-order valence-electron chi connectivity index (χ0n) is 21.8. The Morgan fingerprint density at radius 2 is 2.00 bits per heavy atom. The number of hydrogen-bond acceptors (Lipinski definition) is 8. The van der Waals surface area contributed by atoms with Gasteiger partial charge in [-0.1, -0.05) is 6.58 Å². The van der Waals surface area contributed by atoms with E-state index in [1.165, 1.54) is 0 Å². The van der Waals surface area contributed by atoms with E-state index in [1.54, 1.807) is 21.8 Å². The predicted molar refractivity (Wildman–Crippen MR) is 141 cm³/mol. The maximum absolute atomic E-state index is 9.84. The average Bonchev–Trinajstić information content (AvgIpc) is 3.50. The lowest BCUT2D eigenvalue weighted by molar-refractivity contribution is 0.147. The van der Waals surface area contributed by atoms with E-state index < -0.39 is 0 Å². The summed E-state index contributed by atoms with van der Waals surface area (Å²) in [5.41, 5.74) is 5.42. The topological polar surface area (TPSA) is 108 Å². The fourth-order valence-electron chi connectivity index (χ4n) is 4.71.